The predicted octanol–water partition coefficient (Wildman–Crippen LogP) is 8.62. The molecule has 0 bridgehead atoms. The van der Waals surface area contributed by atoms with Crippen molar-refractivity contribution in [2.24, 2.45) is 10.6 Å². The zero-order valence-corrected chi connectivity index (χ0v) is 22.0. The molecule has 0 saturated carbocycles. The monoisotopic (exact) mass is 453 g/mol. The summed E-state index contributed by atoms with van der Waals surface area (Å²) in [4.78, 5) is 0. The van der Waals surface area contributed by atoms with Gasteiger partial charge in [0.25, 0.3) is 0 Å². The average Bonchev–Trinajstić information content (AvgIpc) is 2.77. The topological polar surface area (TPSA) is 32.6 Å². The van der Waals surface area contributed by atoms with Crippen LogP contribution in [0.4, 0.5) is 0 Å². The van der Waals surface area contributed by atoms with Gasteiger partial charge in [0.05, 0.1) is 5.71 Å². The fourth-order valence-corrected chi connectivity index (χ4v) is 4.22. The van der Waals surface area contributed by atoms with Crippen LogP contribution in [0, 0.1) is 5.41 Å². The Kier molecular flexibility index (Phi) is 7.21. The number of nitrogens with zero attached hydrogens (tertiary/aromatic N) is 1. The first-order chi connectivity index (χ1) is 15.8. The van der Waals surface area contributed by atoms with Gasteiger partial charge in [-0.3, -0.25) is 0 Å². The lowest BCUT2D eigenvalue weighted by atomic mass is 9.79. The van der Waals surface area contributed by atoms with Crippen LogP contribution in [0.15, 0.2) is 90.1 Å². The number of hydrogen-bond acceptors (Lipinski definition) is 2. The van der Waals surface area contributed by atoms with Crippen molar-refractivity contribution in [2.45, 2.75) is 66.2 Å². The zero-order valence-electron chi connectivity index (χ0n) is 22.0. The molecular weight excluding hydrogens is 414 g/mol. The highest BCUT2D eigenvalue weighted by atomic mass is 16.4. The van der Waals surface area contributed by atoms with Crippen LogP contribution >= 0.6 is 0 Å². The molecule has 0 aliphatic carbocycles. The summed E-state index contributed by atoms with van der Waals surface area (Å²) < 4.78 is 0. The number of hydrogen-bond donors (Lipinski definition) is 1. The SMILES string of the molecule is CC(C)(C=C(c1ccc(C(C)(C)C)cc1)c1ccc(C(C)(C)C)cc1)/C(=N/O)c1ccccc1. The molecule has 3 rings (SSSR count). The van der Waals surface area contributed by atoms with Gasteiger partial charge in [-0.2, -0.15) is 0 Å². The average molecular weight is 454 g/mol. The number of rotatable bonds is 5. The van der Waals surface area contributed by atoms with Crippen LogP contribution in [0.2, 0.25) is 0 Å². The van der Waals surface area contributed by atoms with Crippen LogP contribution < -0.4 is 0 Å². The number of benzene rings is 3. The molecular formula is C32H39NO. The third-order valence-corrected chi connectivity index (χ3v) is 6.39. The van der Waals surface area contributed by atoms with Crippen molar-refractivity contribution in [3.05, 3.63) is 113 Å². The Hall–Kier alpha value is -3.13. The Morgan fingerprint density at radius 3 is 1.35 bits per heavy atom. The van der Waals surface area contributed by atoms with Gasteiger partial charge in [0.15, 0.2) is 0 Å². The first-order valence-electron chi connectivity index (χ1n) is 12.1. The second kappa shape index (κ2) is 9.62. The first-order valence-corrected chi connectivity index (χ1v) is 12.1. The molecule has 0 spiro atoms. The molecule has 3 aromatic rings. The summed E-state index contributed by atoms with van der Waals surface area (Å²) in [5.41, 5.74) is 7.28. The number of oxime groups is 1. The normalized spacial score (nSPS) is 13.0. The Bertz CT molecular complexity index is 1090. The van der Waals surface area contributed by atoms with E-state index in [4.69, 9.17) is 0 Å². The third kappa shape index (κ3) is 5.86. The minimum atomic E-state index is -0.503. The largest absolute Gasteiger partial charge is 0.411 e. The van der Waals surface area contributed by atoms with Gasteiger partial charge in [0.1, 0.15) is 0 Å². The van der Waals surface area contributed by atoms with E-state index in [1.165, 1.54) is 11.1 Å². The Morgan fingerprint density at radius 2 is 1.00 bits per heavy atom. The first kappa shape index (κ1) is 25.5. The Morgan fingerprint density at radius 1 is 0.588 bits per heavy atom. The molecule has 0 aliphatic rings. The van der Waals surface area contributed by atoms with Crippen LogP contribution in [0.25, 0.3) is 5.57 Å². The molecule has 34 heavy (non-hydrogen) atoms. The summed E-state index contributed by atoms with van der Waals surface area (Å²) in [6.45, 7) is 17.6. The van der Waals surface area contributed by atoms with E-state index in [1.807, 2.05) is 30.3 Å². The lowest BCUT2D eigenvalue weighted by Gasteiger charge is -2.25. The maximum atomic E-state index is 9.98. The van der Waals surface area contributed by atoms with Crippen LogP contribution in [0.1, 0.15) is 83.2 Å². The fraction of sp³-hybridized carbons (Fsp3) is 0.344. The fourth-order valence-electron chi connectivity index (χ4n) is 4.22. The van der Waals surface area contributed by atoms with Gasteiger partial charge in [-0.15, -0.1) is 0 Å². The standard InChI is InChI=1S/C32H39NO/c1-30(2,3)26-18-14-23(15-19-26)28(24-16-20-27(21-17-24)31(4,5)6)22-32(7,8)29(33-34)25-12-10-9-11-13-25/h9-22,34H,1-8H3/b33-29+. The summed E-state index contributed by atoms with van der Waals surface area (Å²) in [5.74, 6) is 0. The summed E-state index contributed by atoms with van der Waals surface area (Å²) in [6.07, 6.45) is 2.23. The summed E-state index contributed by atoms with van der Waals surface area (Å²) in [6, 6.07) is 27.6. The Labute approximate surface area is 206 Å². The van der Waals surface area contributed by atoms with E-state index in [0.29, 0.717) is 5.71 Å². The van der Waals surface area contributed by atoms with E-state index in [-0.39, 0.29) is 10.8 Å². The predicted molar refractivity (Wildman–Crippen MR) is 146 cm³/mol. The van der Waals surface area contributed by atoms with Gasteiger partial charge in [-0.25, -0.2) is 0 Å². The van der Waals surface area contributed by atoms with Crippen LogP contribution in [-0.4, -0.2) is 10.9 Å². The van der Waals surface area contributed by atoms with Crippen LogP contribution in [0.3, 0.4) is 0 Å². The molecule has 0 saturated heterocycles. The van der Waals surface area contributed by atoms with Crippen molar-refractivity contribution in [3.63, 3.8) is 0 Å². The molecule has 0 aromatic heterocycles. The zero-order chi connectivity index (χ0) is 25.1. The van der Waals surface area contributed by atoms with Crippen molar-refractivity contribution >= 4 is 11.3 Å². The van der Waals surface area contributed by atoms with Gasteiger partial charge in [0, 0.05) is 11.0 Å². The van der Waals surface area contributed by atoms with E-state index in [9.17, 15) is 5.21 Å². The minimum absolute atomic E-state index is 0.0973. The van der Waals surface area contributed by atoms with Gasteiger partial charge < -0.3 is 5.21 Å². The molecule has 3 aromatic carbocycles. The summed E-state index contributed by atoms with van der Waals surface area (Å²) in [7, 11) is 0. The van der Waals surface area contributed by atoms with Gasteiger partial charge in [0.2, 0.25) is 0 Å². The molecule has 2 heteroatoms. The molecule has 178 valence electrons. The smallest absolute Gasteiger partial charge is 0.0961 e. The van der Waals surface area contributed by atoms with Crippen LogP contribution in [0.5, 0.6) is 0 Å². The van der Waals surface area contributed by atoms with E-state index < -0.39 is 5.41 Å². The van der Waals surface area contributed by atoms with Crippen molar-refractivity contribution in [3.8, 4) is 0 Å². The van der Waals surface area contributed by atoms with Crippen molar-refractivity contribution in [1.82, 2.24) is 0 Å². The lowest BCUT2D eigenvalue weighted by molar-refractivity contribution is 0.313. The summed E-state index contributed by atoms with van der Waals surface area (Å²) >= 11 is 0. The lowest BCUT2D eigenvalue weighted by Crippen LogP contribution is -2.24. The molecule has 2 nitrogen and oxygen atoms in total. The van der Waals surface area contributed by atoms with E-state index in [1.54, 1.807) is 0 Å². The highest BCUT2D eigenvalue weighted by Gasteiger charge is 2.27. The molecule has 1 N–H and O–H groups in total. The van der Waals surface area contributed by atoms with Gasteiger partial charge in [-0.1, -0.05) is 145 Å². The van der Waals surface area contributed by atoms with Gasteiger partial charge in [-0.05, 0) is 38.7 Å². The van der Waals surface area contributed by atoms with E-state index >= 15 is 0 Å². The van der Waals surface area contributed by atoms with Crippen molar-refractivity contribution in [1.29, 1.82) is 0 Å². The van der Waals surface area contributed by atoms with Crippen molar-refractivity contribution in [2.75, 3.05) is 0 Å². The van der Waals surface area contributed by atoms with Crippen LogP contribution in [-0.2, 0) is 10.8 Å². The molecule has 0 atom stereocenters. The Balaban J connectivity index is 2.15. The molecule has 0 aliphatic heterocycles. The molecule has 0 amide bonds. The van der Waals surface area contributed by atoms with E-state index in [2.05, 4.69) is 115 Å². The highest BCUT2D eigenvalue weighted by molar-refractivity contribution is 6.06. The molecule has 0 heterocycles. The molecule has 0 unspecified atom stereocenters. The quantitative estimate of drug-likeness (QED) is 0.234. The van der Waals surface area contributed by atoms with Gasteiger partial charge >= 0.3 is 0 Å². The maximum absolute atomic E-state index is 9.98. The molecule has 0 fully saturated rings. The summed E-state index contributed by atoms with van der Waals surface area (Å²) in [5, 5.41) is 13.7. The minimum Gasteiger partial charge on any atom is -0.411 e. The highest BCUT2D eigenvalue weighted by Crippen LogP contribution is 2.35. The van der Waals surface area contributed by atoms with Crippen molar-refractivity contribution < 1.29 is 5.21 Å². The second-order valence-corrected chi connectivity index (χ2v) is 11.7. The maximum Gasteiger partial charge on any atom is 0.0961 e. The number of allylic oxidation sites excluding steroid dienone is 1. The van der Waals surface area contributed by atoms with E-state index in [0.717, 1.165) is 22.3 Å². The molecule has 0 radical (unpaired) electrons. The third-order valence-electron chi connectivity index (χ3n) is 6.39. The second-order valence-electron chi connectivity index (χ2n) is 11.7.